The lowest BCUT2D eigenvalue weighted by Crippen LogP contribution is -2.33. The summed E-state index contributed by atoms with van der Waals surface area (Å²) in [6.45, 7) is 2.10. The Morgan fingerprint density at radius 1 is 1.00 bits per heavy atom. The largest absolute Gasteiger partial charge is 0.497 e. The van der Waals surface area contributed by atoms with Gasteiger partial charge in [0.15, 0.2) is 0 Å². The molecule has 4 heteroatoms. The van der Waals surface area contributed by atoms with Crippen LogP contribution in [0.25, 0.3) is 0 Å². The summed E-state index contributed by atoms with van der Waals surface area (Å²) in [6.07, 6.45) is 0.630. The minimum absolute atomic E-state index is 0.174. The van der Waals surface area contributed by atoms with Crippen molar-refractivity contribution in [1.82, 2.24) is 5.01 Å². The number of rotatable bonds is 3. The van der Waals surface area contributed by atoms with Crippen LogP contribution in [0, 0.1) is 6.92 Å². The first-order valence-corrected chi connectivity index (χ1v) is 9.55. The van der Waals surface area contributed by atoms with E-state index in [1.165, 1.54) is 11.1 Å². The molecule has 2 atom stereocenters. The number of benzene rings is 3. The predicted octanol–water partition coefficient (Wildman–Crippen LogP) is 5.25. The van der Waals surface area contributed by atoms with Crippen LogP contribution in [0.1, 0.15) is 40.9 Å². The topological polar surface area (TPSA) is 34.1 Å². The molecule has 28 heavy (non-hydrogen) atoms. The standard InChI is InChI=1S/C24H22N2O2/c1-16-6-5-7-18(14-16)24-26-22(20-8-3-4-9-23(20)28-24)15-21(25-26)17-10-12-19(27-2)13-11-17/h3-14,22,24H,15H2,1-2H3/t22-,24-/m1/s1. The maximum Gasteiger partial charge on any atom is 0.213 e. The van der Waals surface area contributed by atoms with Gasteiger partial charge in [-0.3, -0.25) is 0 Å². The number of hydrogen-bond acceptors (Lipinski definition) is 4. The first-order valence-electron chi connectivity index (χ1n) is 9.55. The number of hydrogen-bond donors (Lipinski definition) is 0. The monoisotopic (exact) mass is 370 g/mol. The third-order valence-electron chi connectivity index (χ3n) is 5.45. The van der Waals surface area contributed by atoms with Crippen LogP contribution in [0.15, 0.2) is 77.9 Å². The molecule has 0 unspecified atom stereocenters. The van der Waals surface area contributed by atoms with E-state index in [4.69, 9.17) is 14.6 Å². The van der Waals surface area contributed by atoms with E-state index in [2.05, 4.69) is 66.5 Å². The number of hydrazone groups is 1. The average molecular weight is 370 g/mol. The van der Waals surface area contributed by atoms with Crippen LogP contribution in [-0.4, -0.2) is 17.8 Å². The summed E-state index contributed by atoms with van der Waals surface area (Å²) in [5, 5.41) is 7.13. The second kappa shape index (κ2) is 6.71. The van der Waals surface area contributed by atoms with Crippen LogP contribution in [-0.2, 0) is 0 Å². The quantitative estimate of drug-likeness (QED) is 0.632. The van der Waals surface area contributed by atoms with Crippen molar-refractivity contribution >= 4 is 5.71 Å². The van der Waals surface area contributed by atoms with Gasteiger partial charge < -0.3 is 9.47 Å². The summed E-state index contributed by atoms with van der Waals surface area (Å²) < 4.78 is 11.7. The molecule has 0 saturated carbocycles. The van der Waals surface area contributed by atoms with Gasteiger partial charge in [0, 0.05) is 17.5 Å². The number of fused-ring (bicyclic) bond motifs is 3. The summed E-state index contributed by atoms with van der Waals surface area (Å²) >= 11 is 0. The zero-order valence-corrected chi connectivity index (χ0v) is 16.0. The minimum Gasteiger partial charge on any atom is -0.497 e. The summed E-state index contributed by atoms with van der Waals surface area (Å²) in [7, 11) is 1.68. The van der Waals surface area contributed by atoms with E-state index in [-0.39, 0.29) is 12.3 Å². The SMILES string of the molecule is COc1ccc(C2=NN3[C@H](C2)c2ccccc2O[C@@H]3c2cccc(C)c2)cc1. The molecule has 2 aliphatic rings. The van der Waals surface area contributed by atoms with Crippen LogP contribution in [0.4, 0.5) is 0 Å². The highest BCUT2D eigenvalue weighted by Gasteiger charge is 2.40. The number of aryl methyl sites for hydroxylation is 1. The van der Waals surface area contributed by atoms with Crippen molar-refractivity contribution in [3.05, 3.63) is 95.1 Å². The molecule has 0 bridgehead atoms. The molecule has 0 aromatic heterocycles. The van der Waals surface area contributed by atoms with Gasteiger partial charge in [-0.25, -0.2) is 5.01 Å². The maximum absolute atomic E-state index is 6.41. The first-order chi connectivity index (χ1) is 13.7. The summed E-state index contributed by atoms with van der Waals surface area (Å²) in [5.41, 5.74) is 5.73. The van der Waals surface area contributed by atoms with Gasteiger partial charge in [-0.1, -0.05) is 48.0 Å². The van der Waals surface area contributed by atoms with E-state index < -0.39 is 0 Å². The fourth-order valence-electron chi connectivity index (χ4n) is 4.04. The Morgan fingerprint density at radius 2 is 1.82 bits per heavy atom. The summed E-state index contributed by atoms with van der Waals surface area (Å²) in [4.78, 5) is 0. The lowest BCUT2D eigenvalue weighted by molar-refractivity contribution is -0.0190. The van der Waals surface area contributed by atoms with Crippen molar-refractivity contribution in [1.29, 1.82) is 0 Å². The van der Waals surface area contributed by atoms with Crippen LogP contribution >= 0.6 is 0 Å². The Bertz CT molecular complexity index is 1040. The van der Waals surface area contributed by atoms with Crippen molar-refractivity contribution in [3.8, 4) is 11.5 Å². The van der Waals surface area contributed by atoms with Gasteiger partial charge in [0.2, 0.25) is 6.23 Å². The molecule has 3 aromatic carbocycles. The molecule has 0 N–H and O–H groups in total. The molecule has 140 valence electrons. The third-order valence-corrected chi connectivity index (χ3v) is 5.45. The van der Waals surface area contributed by atoms with Crippen molar-refractivity contribution < 1.29 is 9.47 Å². The van der Waals surface area contributed by atoms with Gasteiger partial charge in [0.1, 0.15) is 11.5 Å². The molecule has 4 nitrogen and oxygen atoms in total. The summed E-state index contributed by atoms with van der Waals surface area (Å²) in [6, 6.07) is 25.1. The molecule has 0 fully saturated rings. The lowest BCUT2D eigenvalue weighted by atomic mass is 9.96. The second-order valence-corrected chi connectivity index (χ2v) is 7.30. The van der Waals surface area contributed by atoms with Gasteiger partial charge in [-0.2, -0.15) is 5.10 Å². The van der Waals surface area contributed by atoms with Crippen LogP contribution < -0.4 is 9.47 Å². The van der Waals surface area contributed by atoms with Crippen molar-refractivity contribution in [2.45, 2.75) is 25.6 Å². The molecule has 0 amide bonds. The van der Waals surface area contributed by atoms with E-state index in [9.17, 15) is 0 Å². The van der Waals surface area contributed by atoms with Crippen molar-refractivity contribution in [2.24, 2.45) is 5.10 Å². The normalized spacial score (nSPS) is 20.1. The third kappa shape index (κ3) is 2.82. The Hall–Kier alpha value is -3.27. The van der Waals surface area contributed by atoms with Gasteiger partial charge >= 0.3 is 0 Å². The van der Waals surface area contributed by atoms with Gasteiger partial charge in [0.25, 0.3) is 0 Å². The molecular weight excluding hydrogens is 348 g/mol. The molecule has 3 aromatic rings. The highest BCUT2D eigenvalue weighted by atomic mass is 16.5. The molecule has 2 heterocycles. The van der Waals surface area contributed by atoms with E-state index >= 15 is 0 Å². The average Bonchev–Trinajstić information content (AvgIpc) is 3.19. The van der Waals surface area contributed by atoms with Gasteiger partial charge in [-0.15, -0.1) is 0 Å². The number of ether oxygens (including phenoxy) is 2. The van der Waals surface area contributed by atoms with Crippen LogP contribution in [0.2, 0.25) is 0 Å². The predicted molar refractivity (Wildman–Crippen MR) is 110 cm³/mol. The van der Waals surface area contributed by atoms with Crippen LogP contribution in [0.3, 0.4) is 0 Å². The van der Waals surface area contributed by atoms with E-state index in [1.54, 1.807) is 7.11 Å². The van der Waals surface area contributed by atoms with Gasteiger partial charge in [-0.05, 0) is 42.8 Å². The Balaban J connectivity index is 1.57. The Morgan fingerprint density at radius 3 is 2.61 bits per heavy atom. The molecule has 0 aliphatic carbocycles. The van der Waals surface area contributed by atoms with E-state index in [0.29, 0.717) is 0 Å². The Kier molecular flexibility index (Phi) is 4.05. The van der Waals surface area contributed by atoms with Gasteiger partial charge in [0.05, 0.1) is 18.9 Å². The Labute approximate surface area is 165 Å². The number of methoxy groups -OCH3 is 1. The smallest absolute Gasteiger partial charge is 0.213 e. The molecular formula is C24H22N2O2. The highest BCUT2D eigenvalue weighted by molar-refractivity contribution is 6.02. The molecule has 0 radical (unpaired) electrons. The zero-order valence-electron chi connectivity index (χ0n) is 16.0. The summed E-state index contributed by atoms with van der Waals surface area (Å²) in [5.74, 6) is 1.80. The molecule has 2 aliphatic heterocycles. The number of para-hydroxylation sites is 1. The molecule has 5 rings (SSSR count). The number of nitrogens with zero attached hydrogens (tertiary/aromatic N) is 2. The minimum atomic E-state index is -0.226. The van der Waals surface area contributed by atoms with Crippen LogP contribution in [0.5, 0.6) is 11.5 Å². The first kappa shape index (κ1) is 16.9. The van der Waals surface area contributed by atoms with E-state index in [1.807, 2.05) is 18.2 Å². The zero-order chi connectivity index (χ0) is 19.1. The van der Waals surface area contributed by atoms with E-state index in [0.717, 1.165) is 34.8 Å². The fourth-order valence-corrected chi connectivity index (χ4v) is 4.04. The van der Waals surface area contributed by atoms with Crippen molar-refractivity contribution in [3.63, 3.8) is 0 Å². The lowest BCUT2D eigenvalue weighted by Gasteiger charge is -2.38. The second-order valence-electron chi connectivity index (χ2n) is 7.30. The highest BCUT2D eigenvalue weighted by Crippen LogP contribution is 2.47. The molecule has 0 saturated heterocycles. The van der Waals surface area contributed by atoms with Crippen molar-refractivity contribution in [2.75, 3.05) is 7.11 Å². The molecule has 0 spiro atoms. The fraction of sp³-hybridized carbons (Fsp3) is 0.208. The maximum atomic E-state index is 6.41.